The van der Waals surface area contributed by atoms with Crippen LogP contribution >= 0.6 is 11.3 Å². The fourth-order valence-electron chi connectivity index (χ4n) is 2.35. The second-order valence-corrected chi connectivity index (χ2v) is 5.98. The highest BCUT2D eigenvalue weighted by molar-refractivity contribution is 7.12. The molecule has 1 aliphatic carbocycles. The van der Waals surface area contributed by atoms with Crippen molar-refractivity contribution in [1.29, 1.82) is 5.26 Å². The summed E-state index contributed by atoms with van der Waals surface area (Å²) in [5.74, 6) is 0.0768. The van der Waals surface area contributed by atoms with Crippen LogP contribution in [0.2, 0.25) is 0 Å². The Labute approximate surface area is 129 Å². The Hall–Kier alpha value is -2.59. The molecule has 0 unspecified atom stereocenters. The summed E-state index contributed by atoms with van der Waals surface area (Å²) in [5.41, 5.74) is 2.83. The summed E-state index contributed by atoms with van der Waals surface area (Å²) >= 11 is 1.43. The summed E-state index contributed by atoms with van der Waals surface area (Å²) in [7, 11) is 0. The van der Waals surface area contributed by atoms with Gasteiger partial charge in [-0.05, 0) is 37.1 Å². The van der Waals surface area contributed by atoms with E-state index in [0.29, 0.717) is 16.7 Å². The Morgan fingerprint density at radius 2 is 2.05 bits per heavy atom. The van der Waals surface area contributed by atoms with Crippen molar-refractivity contribution in [2.45, 2.75) is 18.8 Å². The van der Waals surface area contributed by atoms with Gasteiger partial charge in [-0.25, -0.2) is 9.37 Å². The van der Waals surface area contributed by atoms with E-state index in [1.807, 2.05) is 5.38 Å². The molecule has 1 saturated carbocycles. The average Bonchev–Trinajstić information content (AvgIpc) is 3.10. The number of benzene rings is 1. The van der Waals surface area contributed by atoms with Gasteiger partial charge in [0.05, 0.1) is 11.4 Å². The summed E-state index contributed by atoms with van der Waals surface area (Å²) in [6.07, 6.45) is 2.11. The molecule has 1 fully saturated rings. The lowest BCUT2D eigenvalue weighted by atomic mass is 10.2. The second-order valence-electron chi connectivity index (χ2n) is 5.14. The van der Waals surface area contributed by atoms with E-state index in [4.69, 9.17) is 5.26 Å². The first-order valence-electron chi connectivity index (χ1n) is 6.84. The average molecular weight is 311 g/mol. The maximum Gasteiger partial charge on any atom is 0.212 e. The summed E-state index contributed by atoms with van der Waals surface area (Å²) in [6, 6.07) is 8.30. The zero-order chi connectivity index (χ0) is 15.1. The number of nitrogens with zero attached hydrogens (tertiary/aromatic N) is 5. The number of thiazole rings is 1. The molecule has 0 radical (unpaired) electrons. The van der Waals surface area contributed by atoms with E-state index in [1.54, 1.807) is 16.8 Å². The van der Waals surface area contributed by atoms with Crippen LogP contribution in [0, 0.1) is 17.1 Å². The molecule has 0 amide bonds. The standard InChI is InChI=1S/C15H10FN5S/c16-11-5-3-9(4-6-11)13-8-22-15(18-13)21-14(10-1-2-10)12(7-17)19-20-21/h3-6,8,10H,1-2H2. The minimum atomic E-state index is -0.273. The summed E-state index contributed by atoms with van der Waals surface area (Å²) in [4.78, 5) is 4.55. The number of aromatic nitrogens is 4. The molecule has 0 spiro atoms. The first-order chi connectivity index (χ1) is 10.8. The van der Waals surface area contributed by atoms with Crippen LogP contribution in [0.15, 0.2) is 29.6 Å². The Balaban J connectivity index is 1.74. The van der Waals surface area contributed by atoms with Gasteiger partial charge in [-0.15, -0.1) is 16.4 Å². The summed E-state index contributed by atoms with van der Waals surface area (Å²) in [5, 5.41) is 19.7. The molecule has 2 heterocycles. The van der Waals surface area contributed by atoms with Gasteiger partial charge in [0, 0.05) is 16.9 Å². The molecule has 5 nitrogen and oxygen atoms in total. The zero-order valence-corrected chi connectivity index (χ0v) is 12.2. The van der Waals surface area contributed by atoms with E-state index in [-0.39, 0.29) is 5.82 Å². The van der Waals surface area contributed by atoms with Crippen LogP contribution in [-0.4, -0.2) is 20.0 Å². The SMILES string of the molecule is N#Cc1nnn(-c2nc(-c3ccc(F)cc3)cs2)c1C1CC1. The molecule has 3 aromatic rings. The monoisotopic (exact) mass is 311 g/mol. The highest BCUT2D eigenvalue weighted by Crippen LogP contribution is 2.42. The van der Waals surface area contributed by atoms with Gasteiger partial charge in [0.1, 0.15) is 11.9 Å². The van der Waals surface area contributed by atoms with Gasteiger partial charge in [-0.2, -0.15) is 9.94 Å². The highest BCUT2D eigenvalue weighted by atomic mass is 32.1. The van der Waals surface area contributed by atoms with Gasteiger partial charge in [0.2, 0.25) is 5.13 Å². The highest BCUT2D eigenvalue weighted by Gasteiger charge is 2.32. The van der Waals surface area contributed by atoms with Gasteiger partial charge in [-0.1, -0.05) is 5.21 Å². The molecule has 0 aliphatic heterocycles. The minimum absolute atomic E-state index is 0.273. The van der Waals surface area contributed by atoms with Gasteiger partial charge >= 0.3 is 0 Å². The lowest BCUT2D eigenvalue weighted by molar-refractivity contribution is 0.628. The second kappa shape index (κ2) is 5.00. The first-order valence-corrected chi connectivity index (χ1v) is 7.72. The van der Waals surface area contributed by atoms with Crippen molar-refractivity contribution >= 4 is 11.3 Å². The van der Waals surface area contributed by atoms with Crippen molar-refractivity contribution in [1.82, 2.24) is 20.0 Å². The molecule has 0 atom stereocenters. The summed E-state index contributed by atoms with van der Waals surface area (Å²) < 4.78 is 14.7. The molecule has 1 aromatic carbocycles. The van der Waals surface area contributed by atoms with E-state index in [2.05, 4.69) is 21.4 Å². The molecule has 7 heteroatoms. The molecule has 0 saturated heterocycles. The van der Waals surface area contributed by atoms with Crippen molar-refractivity contribution in [2.24, 2.45) is 0 Å². The number of hydrogen-bond acceptors (Lipinski definition) is 5. The van der Waals surface area contributed by atoms with Crippen molar-refractivity contribution in [3.05, 3.63) is 46.9 Å². The third-order valence-electron chi connectivity index (χ3n) is 3.59. The zero-order valence-electron chi connectivity index (χ0n) is 11.4. The van der Waals surface area contributed by atoms with Crippen LogP contribution in [0.5, 0.6) is 0 Å². The van der Waals surface area contributed by atoms with Crippen molar-refractivity contribution in [2.75, 3.05) is 0 Å². The molecule has 1 aliphatic rings. The van der Waals surface area contributed by atoms with Crippen LogP contribution in [0.4, 0.5) is 4.39 Å². The number of halogens is 1. The molecular formula is C15H10FN5S. The number of hydrogen-bond donors (Lipinski definition) is 0. The fraction of sp³-hybridized carbons (Fsp3) is 0.200. The Morgan fingerprint density at radius 1 is 1.27 bits per heavy atom. The van der Waals surface area contributed by atoms with Crippen molar-refractivity contribution < 1.29 is 4.39 Å². The Bertz CT molecular complexity index is 870. The molecule has 108 valence electrons. The van der Waals surface area contributed by atoms with E-state index >= 15 is 0 Å². The third kappa shape index (κ3) is 2.18. The molecule has 22 heavy (non-hydrogen) atoms. The largest absolute Gasteiger partial charge is 0.218 e. The molecular weight excluding hydrogens is 301 g/mol. The van der Waals surface area contributed by atoms with E-state index < -0.39 is 0 Å². The molecule has 2 aromatic heterocycles. The van der Waals surface area contributed by atoms with Gasteiger partial charge in [-0.3, -0.25) is 0 Å². The third-order valence-corrected chi connectivity index (χ3v) is 4.40. The first kappa shape index (κ1) is 13.1. The van der Waals surface area contributed by atoms with E-state index in [9.17, 15) is 4.39 Å². The topological polar surface area (TPSA) is 67.4 Å². The van der Waals surface area contributed by atoms with Crippen LogP contribution in [-0.2, 0) is 0 Å². The smallest absolute Gasteiger partial charge is 0.212 e. The van der Waals surface area contributed by atoms with Crippen LogP contribution in [0.1, 0.15) is 30.1 Å². The number of nitriles is 1. The minimum Gasteiger partial charge on any atom is -0.218 e. The summed E-state index contributed by atoms with van der Waals surface area (Å²) in [6.45, 7) is 0. The van der Waals surface area contributed by atoms with E-state index in [1.165, 1.54) is 23.5 Å². The Morgan fingerprint density at radius 3 is 2.73 bits per heavy atom. The molecule has 0 bridgehead atoms. The molecule has 0 N–H and O–H groups in total. The maximum atomic E-state index is 13.0. The lowest BCUT2D eigenvalue weighted by Crippen LogP contribution is -2.01. The van der Waals surface area contributed by atoms with Crippen molar-refractivity contribution in [3.8, 4) is 22.5 Å². The maximum absolute atomic E-state index is 13.0. The predicted molar refractivity (Wildman–Crippen MR) is 79.1 cm³/mol. The fourth-order valence-corrected chi connectivity index (χ4v) is 3.14. The van der Waals surface area contributed by atoms with Crippen LogP contribution in [0.3, 0.4) is 0 Å². The van der Waals surface area contributed by atoms with Crippen LogP contribution < -0.4 is 0 Å². The lowest BCUT2D eigenvalue weighted by Gasteiger charge is -2.00. The Kier molecular flexibility index (Phi) is 2.98. The quantitative estimate of drug-likeness (QED) is 0.744. The number of rotatable bonds is 3. The van der Waals surface area contributed by atoms with Gasteiger partial charge in [0.15, 0.2) is 5.69 Å². The normalized spacial score (nSPS) is 14.0. The molecule has 4 rings (SSSR count). The van der Waals surface area contributed by atoms with Gasteiger partial charge in [0.25, 0.3) is 0 Å². The van der Waals surface area contributed by atoms with E-state index in [0.717, 1.165) is 29.8 Å². The van der Waals surface area contributed by atoms with Crippen molar-refractivity contribution in [3.63, 3.8) is 0 Å². The van der Waals surface area contributed by atoms with Crippen LogP contribution in [0.25, 0.3) is 16.4 Å². The van der Waals surface area contributed by atoms with Gasteiger partial charge < -0.3 is 0 Å². The predicted octanol–water partition coefficient (Wildman–Crippen LogP) is 3.28.